The van der Waals surface area contributed by atoms with Gasteiger partial charge < -0.3 is 15.8 Å². The minimum Gasteiger partial charge on any atom is -0.433 e. The van der Waals surface area contributed by atoms with Crippen LogP contribution < -0.4 is 21.1 Å². The Kier molecular flexibility index (Phi) is 6.12. The largest absolute Gasteiger partial charge is 0.433 e. The molecule has 33 heavy (non-hydrogen) atoms. The molecular formula is C21H25F2N5O4S. The molecule has 178 valence electrons. The van der Waals surface area contributed by atoms with E-state index < -0.39 is 39.6 Å². The molecule has 1 saturated heterocycles. The summed E-state index contributed by atoms with van der Waals surface area (Å²) < 4.78 is 56.3. The van der Waals surface area contributed by atoms with E-state index in [0.29, 0.717) is 24.9 Å². The van der Waals surface area contributed by atoms with Crippen molar-refractivity contribution in [1.29, 1.82) is 0 Å². The molecule has 1 amide bonds. The standard InChI is InChI=1S/C21H25F2N5O4S/c1-21-15-10-13(26-18(29)16-9-8-14(11-25-16)32-19(22)23)7-6-12(15)4-3-5-17(21)33(30,31)28(2)20(24)27-21/h6-11,17,19-20,27H,3-5,24H2,1-2H3,(H,26,29)/t17-,20?,21+/m0/s1. The molecule has 4 rings (SSSR count). The Morgan fingerprint density at radius 2 is 2.12 bits per heavy atom. The van der Waals surface area contributed by atoms with Crippen LogP contribution in [0.4, 0.5) is 14.5 Å². The van der Waals surface area contributed by atoms with Crippen molar-refractivity contribution in [1.82, 2.24) is 14.6 Å². The lowest BCUT2D eigenvalue weighted by molar-refractivity contribution is -0.0500. The van der Waals surface area contributed by atoms with Gasteiger partial charge in [0.15, 0.2) is 0 Å². The number of amides is 1. The van der Waals surface area contributed by atoms with Gasteiger partial charge in [-0.15, -0.1) is 0 Å². The number of aromatic nitrogens is 1. The van der Waals surface area contributed by atoms with Crippen molar-refractivity contribution >= 4 is 21.6 Å². The number of halogens is 2. The van der Waals surface area contributed by atoms with E-state index in [0.717, 1.165) is 21.6 Å². The smallest absolute Gasteiger partial charge is 0.387 e. The maximum atomic E-state index is 13.1. The van der Waals surface area contributed by atoms with Crippen molar-refractivity contribution in [3.8, 4) is 5.75 Å². The van der Waals surface area contributed by atoms with E-state index in [-0.39, 0.29) is 11.4 Å². The lowest BCUT2D eigenvalue weighted by Crippen LogP contribution is -2.70. The van der Waals surface area contributed by atoms with Crippen LogP contribution in [0, 0.1) is 0 Å². The van der Waals surface area contributed by atoms with Crippen molar-refractivity contribution in [2.45, 2.75) is 49.9 Å². The summed E-state index contributed by atoms with van der Waals surface area (Å²) in [6, 6.07) is 7.85. The number of alkyl halides is 2. The summed E-state index contributed by atoms with van der Waals surface area (Å²) in [5.41, 5.74) is 7.32. The molecule has 0 spiro atoms. The quantitative estimate of drug-likeness (QED) is 0.609. The summed E-state index contributed by atoms with van der Waals surface area (Å²) in [6.45, 7) is -1.16. The van der Waals surface area contributed by atoms with Gasteiger partial charge in [-0.05, 0) is 61.6 Å². The summed E-state index contributed by atoms with van der Waals surface area (Å²) in [7, 11) is -2.19. The van der Waals surface area contributed by atoms with Crippen molar-refractivity contribution < 1.29 is 26.7 Å². The summed E-state index contributed by atoms with van der Waals surface area (Å²) in [5, 5.41) is 5.27. The summed E-state index contributed by atoms with van der Waals surface area (Å²) in [6.07, 6.45) is 2.01. The monoisotopic (exact) mass is 481 g/mol. The van der Waals surface area contributed by atoms with Gasteiger partial charge in [0, 0.05) is 12.7 Å². The van der Waals surface area contributed by atoms with E-state index in [9.17, 15) is 22.0 Å². The Morgan fingerprint density at radius 3 is 2.79 bits per heavy atom. The van der Waals surface area contributed by atoms with E-state index >= 15 is 0 Å². The summed E-state index contributed by atoms with van der Waals surface area (Å²) in [4.78, 5) is 16.5. The number of nitrogens with one attached hydrogen (secondary N) is 2. The van der Waals surface area contributed by atoms with Gasteiger partial charge in [-0.1, -0.05) is 6.07 Å². The zero-order chi connectivity index (χ0) is 24.0. The molecular weight excluding hydrogens is 456 g/mol. The maximum Gasteiger partial charge on any atom is 0.387 e. The van der Waals surface area contributed by atoms with Crippen molar-refractivity contribution in [3.63, 3.8) is 0 Å². The molecule has 0 bridgehead atoms. The van der Waals surface area contributed by atoms with E-state index in [1.807, 2.05) is 13.0 Å². The molecule has 2 aliphatic rings. The van der Waals surface area contributed by atoms with Crippen LogP contribution in [0.1, 0.15) is 41.4 Å². The first-order chi connectivity index (χ1) is 15.5. The molecule has 0 saturated carbocycles. The zero-order valence-electron chi connectivity index (χ0n) is 18.1. The van der Waals surface area contributed by atoms with Crippen LogP contribution in [0.3, 0.4) is 0 Å². The Bertz CT molecular complexity index is 1160. The summed E-state index contributed by atoms with van der Waals surface area (Å²) >= 11 is 0. The highest BCUT2D eigenvalue weighted by Gasteiger charge is 2.53. The van der Waals surface area contributed by atoms with E-state index in [2.05, 4.69) is 20.4 Å². The highest BCUT2D eigenvalue weighted by molar-refractivity contribution is 7.89. The summed E-state index contributed by atoms with van der Waals surface area (Å²) in [5.74, 6) is -0.703. The first kappa shape index (κ1) is 23.5. The third-order valence-electron chi connectivity index (χ3n) is 6.28. The van der Waals surface area contributed by atoms with Crippen LogP contribution >= 0.6 is 0 Å². The average molecular weight is 482 g/mol. The number of nitrogens with two attached hydrogens (primary N) is 1. The lowest BCUT2D eigenvalue weighted by Gasteiger charge is -2.48. The maximum absolute atomic E-state index is 13.1. The second-order valence-corrected chi connectivity index (χ2v) is 10.5. The molecule has 9 nitrogen and oxygen atoms in total. The Labute approximate surface area is 190 Å². The number of hydrogen-bond acceptors (Lipinski definition) is 7. The number of carbonyl (C=O) groups is 1. The number of benzene rings is 1. The van der Waals surface area contributed by atoms with Gasteiger partial charge in [-0.2, -0.15) is 13.1 Å². The minimum atomic E-state index is -3.64. The molecule has 4 N–H and O–H groups in total. The number of fused-ring (bicyclic) bond motifs is 3. The van der Waals surface area contributed by atoms with Gasteiger partial charge in [0.2, 0.25) is 10.0 Å². The molecule has 3 atom stereocenters. The fourth-order valence-electron chi connectivity index (χ4n) is 4.55. The zero-order valence-corrected chi connectivity index (χ0v) is 18.9. The van der Waals surface area contributed by atoms with Crippen LogP contribution in [-0.2, 0) is 22.0 Å². The number of sulfonamides is 1. The number of carbonyl (C=O) groups excluding carboxylic acids is 1. The second kappa shape index (κ2) is 8.60. The fraction of sp³-hybridized carbons (Fsp3) is 0.429. The first-order valence-electron chi connectivity index (χ1n) is 10.4. The number of aryl methyl sites for hydroxylation is 1. The van der Waals surface area contributed by atoms with Crippen molar-refractivity contribution in [2.75, 3.05) is 12.4 Å². The van der Waals surface area contributed by atoms with E-state index in [1.165, 1.54) is 19.2 Å². The third-order valence-corrected chi connectivity index (χ3v) is 8.73. The lowest BCUT2D eigenvalue weighted by atomic mass is 9.85. The van der Waals surface area contributed by atoms with Crippen molar-refractivity contribution in [3.05, 3.63) is 53.3 Å². The van der Waals surface area contributed by atoms with Crippen LogP contribution in [0.5, 0.6) is 5.75 Å². The predicted molar refractivity (Wildman–Crippen MR) is 117 cm³/mol. The molecule has 2 aromatic rings. The first-order valence-corrected chi connectivity index (χ1v) is 11.9. The number of pyridine rings is 1. The molecule has 1 unspecified atom stereocenters. The number of nitrogens with zero attached hydrogens (tertiary/aromatic N) is 2. The Balaban J connectivity index is 1.63. The highest BCUT2D eigenvalue weighted by atomic mass is 32.2. The Hall–Kier alpha value is -2.67. The minimum absolute atomic E-state index is 0.0117. The third kappa shape index (κ3) is 4.31. The number of anilines is 1. The van der Waals surface area contributed by atoms with Crippen LogP contribution in [-0.4, -0.2) is 48.8 Å². The van der Waals surface area contributed by atoms with Gasteiger partial charge in [0.25, 0.3) is 5.91 Å². The van der Waals surface area contributed by atoms with E-state index in [4.69, 9.17) is 5.73 Å². The Morgan fingerprint density at radius 1 is 1.36 bits per heavy atom. The second-order valence-electron chi connectivity index (χ2n) is 8.32. The SMILES string of the molecule is CN1C(N)N[C@]2(C)c3cc(NC(=O)c4ccc(OC(F)F)cn4)ccc3CCC[C@@H]2S1(=O)=O. The van der Waals surface area contributed by atoms with Gasteiger partial charge >= 0.3 is 6.61 Å². The number of hydrogen-bond donors (Lipinski definition) is 3. The molecule has 1 aliphatic carbocycles. The van der Waals surface area contributed by atoms with Gasteiger partial charge in [0.05, 0.1) is 17.0 Å². The van der Waals surface area contributed by atoms with Gasteiger partial charge in [-0.25, -0.2) is 13.4 Å². The predicted octanol–water partition coefficient (Wildman–Crippen LogP) is 1.96. The molecule has 1 aliphatic heterocycles. The van der Waals surface area contributed by atoms with Gasteiger partial charge in [-0.3, -0.25) is 10.1 Å². The van der Waals surface area contributed by atoms with Gasteiger partial charge in [0.1, 0.15) is 17.7 Å². The van der Waals surface area contributed by atoms with Crippen LogP contribution in [0.25, 0.3) is 0 Å². The van der Waals surface area contributed by atoms with E-state index in [1.54, 1.807) is 12.1 Å². The van der Waals surface area contributed by atoms with Crippen LogP contribution in [0.2, 0.25) is 0 Å². The topological polar surface area (TPSA) is 127 Å². The normalized spacial score (nSPS) is 26.7. The molecule has 0 radical (unpaired) electrons. The molecule has 1 fully saturated rings. The number of ether oxygens (including phenoxy) is 1. The fourth-order valence-corrected chi connectivity index (χ4v) is 6.58. The van der Waals surface area contributed by atoms with Crippen LogP contribution in [0.15, 0.2) is 36.5 Å². The van der Waals surface area contributed by atoms with Crippen molar-refractivity contribution in [2.24, 2.45) is 5.73 Å². The molecule has 2 heterocycles. The number of rotatable bonds is 4. The molecule has 12 heteroatoms. The average Bonchev–Trinajstić information content (AvgIpc) is 2.89. The molecule has 1 aromatic carbocycles. The highest BCUT2D eigenvalue weighted by Crippen LogP contribution is 2.42. The molecule has 1 aromatic heterocycles.